The summed E-state index contributed by atoms with van der Waals surface area (Å²) in [5, 5.41) is 15.7. The number of aromatic amines is 1. The first-order valence-corrected chi connectivity index (χ1v) is 14.6. The van der Waals surface area contributed by atoms with Crippen molar-refractivity contribution >= 4 is 29.4 Å². The molecule has 5 aromatic rings. The average molecular weight is 607 g/mol. The molecule has 2 amide bonds. The van der Waals surface area contributed by atoms with Gasteiger partial charge in [-0.25, -0.2) is 9.78 Å². The van der Waals surface area contributed by atoms with E-state index >= 15 is 0 Å². The van der Waals surface area contributed by atoms with Gasteiger partial charge in [0.05, 0.1) is 6.33 Å². The minimum atomic E-state index is -1.21. The predicted octanol–water partition coefficient (Wildman–Crippen LogP) is 5.94. The number of carbonyl (C=O) groups is 3. The van der Waals surface area contributed by atoms with E-state index in [4.69, 9.17) is 11.6 Å². The summed E-state index contributed by atoms with van der Waals surface area (Å²) >= 11 is 6.55. The first-order chi connectivity index (χ1) is 21.4. The minimum absolute atomic E-state index is 0.0179. The number of hydrogen-bond donors (Lipinski definition) is 4. The van der Waals surface area contributed by atoms with Crippen LogP contribution in [0.2, 0.25) is 5.02 Å². The molecule has 0 spiro atoms. The van der Waals surface area contributed by atoms with Crippen LogP contribution in [0.4, 0.5) is 0 Å². The van der Waals surface area contributed by atoms with Crippen molar-refractivity contribution in [3.05, 3.63) is 137 Å². The number of nitrogens with zero attached hydrogens (tertiary/aromatic N) is 1. The van der Waals surface area contributed by atoms with Gasteiger partial charge in [-0.2, -0.15) is 0 Å². The highest BCUT2D eigenvalue weighted by molar-refractivity contribution is 6.33. The van der Waals surface area contributed by atoms with Gasteiger partial charge in [0.1, 0.15) is 12.1 Å². The van der Waals surface area contributed by atoms with Crippen molar-refractivity contribution in [2.24, 2.45) is 0 Å². The third-order valence-electron chi connectivity index (χ3n) is 7.31. The molecular formula is C35H31ClN4O4. The Hall–Kier alpha value is -5.21. The molecule has 1 aromatic heterocycles. The van der Waals surface area contributed by atoms with Crippen LogP contribution >= 0.6 is 11.6 Å². The lowest BCUT2D eigenvalue weighted by Gasteiger charge is -2.22. The Morgan fingerprint density at radius 2 is 1.45 bits per heavy atom. The number of rotatable bonds is 12. The number of aromatic nitrogens is 2. The van der Waals surface area contributed by atoms with Crippen LogP contribution in [0.5, 0.6) is 0 Å². The van der Waals surface area contributed by atoms with Crippen LogP contribution in [-0.2, 0) is 22.4 Å². The van der Waals surface area contributed by atoms with Crippen molar-refractivity contribution in [3.63, 3.8) is 0 Å². The summed E-state index contributed by atoms with van der Waals surface area (Å²) < 4.78 is 0. The SMILES string of the molecule is O=C(NC(CCc1ccccc1)C(=O)NC(Cc1cnc[nH]1)C(=O)O)c1ccc(Cl)c(-c2ccc(-c3ccccc3)cc2)c1. The number of aliphatic carboxylic acids is 1. The largest absolute Gasteiger partial charge is 0.480 e. The van der Waals surface area contributed by atoms with E-state index in [1.54, 1.807) is 18.2 Å². The maximum absolute atomic E-state index is 13.5. The van der Waals surface area contributed by atoms with Gasteiger partial charge in [0.2, 0.25) is 5.91 Å². The lowest BCUT2D eigenvalue weighted by molar-refractivity contribution is -0.142. The van der Waals surface area contributed by atoms with Crippen LogP contribution in [0.15, 0.2) is 116 Å². The highest BCUT2D eigenvalue weighted by atomic mass is 35.5. The van der Waals surface area contributed by atoms with Crippen LogP contribution < -0.4 is 10.6 Å². The second-order valence-corrected chi connectivity index (χ2v) is 10.8. The van der Waals surface area contributed by atoms with Gasteiger partial charge < -0.3 is 20.7 Å². The van der Waals surface area contributed by atoms with Gasteiger partial charge >= 0.3 is 5.97 Å². The lowest BCUT2D eigenvalue weighted by atomic mass is 9.98. The number of halogens is 1. The van der Waals surface area contributed by atoms with E-state index in [0.29, 0.717) is 28.3 Å². The second kappa shape index (κ2) is 14.3. The smallest absolute Gasteiger partial charge is 0.326 e. The Labute approximate surface area is 260 Å². The summed E-state index contributed by atoms with van der Waals surface area (Å²) in [5.74, 6) is -2.26. The Morgan fingerprint density at radius 3 is 2.11 bits per heavy atom. The molecule has 0 aliphatic rings. The first kappa shape index (κ1) is 30.3. The van der Waals surface area contributed by atoms with Gasteiger partial charge in [-0.05, 0) is 53.3 Å². The molecule has 44 heavy (non-hydrogen) atoms. The van der Waals surface area contributed by atoms with E-state index in [-0.39, 0.29) is 12.8 Å². The summed E-state index contributed by atoms with van der Waals surface area (Å²) in [7, 11) is 0. The maximum Gasteiger partial charge on any atom is 0.326 e. The lowest BCUT2D eigenvalue weighted by Crippen LogP contribution is -2.52. The molecule has 0 saturated carbocycles. The number of aryl methyl sites for hydroxylation is 1. The van der Waals surface area contributed by atoms with Gasteiger partial charge in [0.15, 0.2) is 0 Å². The first-order valence-electron chi connectivity index (χ1n) is 14.2. The molecule has 222 valence electrons. The highest BCUT2D eigenvalue weighted by Crippen LogP contribution is 2.31. The molecule has 2 atom stereocenters. The standard InChI is InChI=1S/C35H31ClN4O4/c36-30-17-16-27(19-29(30)26-14-12-25(13-15-26)24-9-5-2-6-10-24)33(41)39-31(18-11-23-7-3-1-4-8-23)34(42)40-32(35(43)44)20-28-21-37-22-38-28/h1-10,12-17,19,21-22,31-32H,11,18,20H2,(H,37,38)(H,39,41)(H,40,42)(H,43,44). The normalized spacial score (nSPS) is 12.2. The van der Waals surface area contributed by atoms with Gasteiger partial charge in [-0.1, -0.05) is 96.5 Å². The molecule has 8 nitrogen and oxygen atoms in total. The summed E-state index contributed by atoms with van der Waals surface area (Å²) in [6, 6.07) is 30.2. The molecule has 0 radical (unpaired) electrons. The van der Waals surface area contributed by atoms with Crippen molar-refractivity contribution in [1.29, 1.82) is 0 Å². The molecule has 9 heteroatoms. The molecule has 0 saturated heterocycles. The summed E-state index contributed by atoms with van der Waals surface area (Å²) in [5.41, 5.74) is 5.53. The number of carbonyl (C=O) groups excluding carboxylic acids is 2. The third kappa shape index (κ3) is 7.79. The van der Waals surface area contributed by atoms with E-state index < -0.39 is 29.9 Å². The van der Waals surface area contributed by atoms with Crippen LogP contribution in [0.3, 0.4) is 0 Å². The van der Waals surface area contributed by atoms with Crippen LogP contribution in [0.1, 0.15) is 28.0 Å². The molecule has 0 bridgehead atoms. The Bertz CT molecular complexity index is 1710. The molecule has 0 fully saturated rings. The number of hydrogen-bond acceptors (Lipinski definition) is 4. The van der Waals surface area contributed by atoms with E-state index in [2.05, 4.69) is 20.6 Å². The van der Waals surface area contributed by atoms with Gasteiger partial charge in [-0.3, -0.25) is 9.59 Å². The van der Waals surface area contributed by atoms with Crippen LogP contribution in [-0.4, -0.2) is 44.9 Å². The number of imidazole rings is 1. The highest BCUT2D eigenvalue weighted by Gasteiger charge is 2.27. The van der Waals surface area contributed by atoms with Gasteiger partial charge in [-0.15, -0.1) is 0 Å². The van der Waals surface area contributed by atoms with Crippen molar-refractivity contribution in [1.82, 2.24) is 20.6 Å². The molecule has 4 N–H and O–H groups in total. The number of carboxylic acid groups (broad SMARTS) is 1. The van der Waals surface area contributed by atoms with Crippen LogP contribution in [0.25, 0.3) is 22.3 Å². The van der Waals surface area contributed by atoms with E-state index in [0.717, 1.165) is 22.3 Å². The van der Waals surface area contributed by atoms with Crippen molar-refractivity contribution < 1.29 is 19.5 Å². The number of benzene rings is 4. The third-order valence-corrected chi connectivity index (χ3v) is 7.64. The molecule has 2 unspecified atom stereocenters. The molecule has 4 aromatic carbocycles. The minimum Gasteiger partial charge on any atom is -0.480 e. The zero-order valence-corrected chi connectivity index (χ0v) is 24.5. The van der Waals surface area contributed by atoms with Gasteiger partial charge in [0, 0.05) is 34.5 Å². The number of nitrogens with one attached hydrogen (secondary N) is 3. The summed E-state index contributed by atoms with van der Waals surface area (Å²) in [6.45, 7) is 0. The Morgan fingerprint density at radius 1 is 0.795 bits per heavy atom. The van der Waals surface area contributed by atoms with Crippen molar-refractivity contribution in [3.8, 4) is 22.3 Å². The molecule has 5 rings (SSSR count). The fourth-order valence-corrected chi connectivity index (χ4v) is 5.14. The van der Waals surface area contributed by atoms with E-state index in [1.807, 2.05) is 84.9 Å². The number of H-pyrrole nitrogens is 1. The van der Waals surface area contributed by atoms with Crippen molar-refractivity contribution in [2.45, 2.75) is 31.3 Å². The average Bonchev–Trinajstić information content (AvgIpc) is 3.57. The summed E-state index contributed by atoms with van der Waals surface area (Å²) in [4.78, 5) is 45.7. The summed E-state index contributed by atoms with van der Waals surface area (Å²) in [6.07, 6.45) is 3.72. The van der Waals surface area contributed by atoms with E-state index in [9.17, 15) is 19.5 Å². The topological polar surface area (TPSA) is 124 Å². The maximum atomic E-state index is 13.5. The van der Waals surface area contributed by atoms with Crippen LogP contribution in [0, 0.1) is 0 Å². The fraction of sp³-hybridized carbons (Fsp3) is 0.143. The van der Waals surface area contributed by atoms with Gasteiger partial charge in [0.25, 0.3) is 5.91 Å². The number of carboxylic acids is 1. The molecule has 0 aliphatic carbocycles. The molecule has 0 aliphatic heterocycles. The van der Waals surface area contributed by atoms with Crippen molar-refractivity contribution in [2.75, 3.05) is 0 Å². The Kier molecular flexibility index (Phi) is 9.84. The monoisotopic (exact) mass is 606 g/mol. The predicted molar refractivity (Wildman–Crippen MR) is 170 cm³/mol. The zero-order chi connectivity index (χ0) is 30.9. The number of amides is 2. The Balaban J connectivity index is 1.34. The molecule has 1 heterocycles. The zero-order valence-electron chi connectivity index (χ0n) is 23.7. The molecular weight excluding hydrogens is 576 g/mol. The second-order valence-electron chi connectivity index (χ2n) is 10.4. The fourth-order valence-electron chi connectivity index (χ4n) is 4.92. The van der Waals surface area contributed by atoms with E-state index in [1.165, 1.54) is 12.5 Å². The quantitative estimate of drug-likeness (QED) is 0.140.